The van der Waals surface area contributed by atoms with E-state index in [4.69, 9.17) is 0 Å². The van der Waals surface area contributed by atoms with E-state index in [-0.39, 0.29) is 5.41 Å². The molecule has 0 bridgehead atoms. The Morgan fingerprint density at radius 2 is 1.85 bits per heavy atom. The van der Waals surface area contributed by atoms with Crippen LogP contribution < -0.4 is 0 Å². The van der Waals surface area contributed by atoms with E-state index in [1.807, 2.05) is 20.8 Å². The third-order valence-corrected chi connectivity index (χ3v) is 3.00. The zero-order valence-electron chi connectivity index (χ0n) is 8.72. The van der Waals surface area contributed by atoms with E-state index in [1.165, 1.54) is 0 Å². The summed E-state index contributed by atoms with van der Waals surface area (Å²) in [7, 11) is 0. The molecular formula is C10H17NO2. The van der Waals surface area contributed by atoms with Crippen molar-refractivity contribution < 1.29 is 9.90 Å². The van der Waals surface area contributed by atoms with E-state index in [2.05, 4.69) is 4.99 Å². The van der Waals surface area contributed by atoms with Crippen molar-refractivity contribution in [3.8, 4) is 0 Å². The molecule has 0 radical (unpaired) electrons. The minimum absolute atomic E-state index is 0.0906. The zero-order valence-corrected chi connectivity index (χ0v) is 8.72. The highest BCUT2D eigenvalue weighted by Crippen LogP contribution is 2.53. The molecule has 3 nitrogen and oxygen atoms in total. The van der Waals surface area contributed by atoms with Crippen LogP contribution in [0.3, 0.4) is 0 Å². The van der Waals surface area contributed by atoms with Crippen LogP contribution in [0.25, 0.3) is 0 Å². The van der Waals surface area contributed by atoms with Gasteiger partial charge in [-0.1, -0.05) is 20.8 Å². The van der Waals surface area contributed by atoms with Crippen LogP contribution in [-0.4, -0.2) is 22.3 Å². The minimum Gasteiger partial charge on any atom is -0.390 e. The summed E-state index contributed by atoms with van der Waals surface area (Å²) in [5, 5.41) is 9.65. The van der Waals surface area contributed by atoms with Crippen molar-refractivity contribution in [1.82, 2.24) is 0 Å². The lowest BCUT2D eigenvalue weighted by Crippen LogP contribution is -2.60. The summed E-state index contributed by atoms with van der Waals surface area (Å²) in [6.45, 7) is 7.87. The fraction of sp³-hybridized carbons (Fsp3) is 0.900. The van der Waals surface area contributed by atoms with Gasteiger partial charge in [0.15, 0.2) is 0 Å². The summed E-state index contributed by atoms with van der Waals surface area (Å²) < 4.78 is 0. The van der Waals surface area contributed by atoms with Crippen LogP contribution in [0, 0.1) is 5.41 Å². The number of aliphatic hydroxyl groups is 1. The molecule has 1 saturated carbocycles. The molecule has 13 heavy (non-hydrogen) atoms. The Balaban J connectivity index is 2.90. The number of nitrogens with zero attached hydrogens (tertiary/aromatic N) is 1. The summed E-state index contributed by atoms with van der Waals surface area (Å²) in [5.74, 6) is 0. The topological polar surface area (TPSA) is 49.7 Å². The van der Waals surface area contributed by atoms with E-state index in [0.717, 1.165) is 0 Å². The third-order valence-electron chi connectivity index (χ3n) is 3.00. The molecular weight excluding hydrogens is 166 g/mol. The second-order valence-corrected chi connectivity index (χ2v) is 5.34. The van der Waals surface area contributed by atoms with Gasteiger partial charge in [-0.3, -0.25) is 0 Å². The molecule has 0 aromatic heterocycles. The molecule has 1 N–H and O–H groups in total. The van der Waals surface area contributed by atoms with Crippen LogP contribution in [0.15, 0.2) is 4.99 Å². The molecule has 0 aromatic carbocycles. The first-order chi connectivity index (χ1) is 5.72. The number of aliphatic imine (C=N–C) groups is 1. The van der Waals surface area contributed by atoms with Crippen LogP contribution >= 0.6 is 0 Å². The monoisotopic (exact) mass is 183 g/mol. The minimum atomic E-state index is -0.659. The van der Waals surface area contributed by atoms with E-state index in [0.29, 0.717) is 12.8 Å². The van der Waals surface area contributed by atoms with Gasteiger partial charge in [0.2, 0.25) is 6.08 Å². The molecule has 1 rings (SSSR count). The first-order valence-corrected chi connectivity index (χ1v) is 4.54. The maximum atomic E-state index is 10.3. The Hall–Kier alpha value is -0.660. The van der Waals surface area contributed by atoms with Gasteiger partial charge in [0, 0.05) is 12.8 Å². The number of carbonyl (C=O) groups excluding carboxylic acids is 1. The summed E-state index contributed by atoms with van der Waals surface area (Å²) in [6.07, 6.45) is 2.73. The molecule has 0 unspecified atom stereocenters. The molecule has 0 aromatic rings. The van der Waals surface area contributed by atoms with Crippen LogP contribution in [0.4, 0.5) is 0 Å². The summed E-state index contributed by atoms with van der Waals surface area (Å²) in [5.41, 5.74) is -1.15. The quantitative estimate of drug-likeness (QED) is 0.496. The lowest BCUT2D eigenvalue weighted by atomic mass is 9.55. The Morgan fingerprint density at radius 1 is 1.38 bits per heavy atom. The van der Waals surface area contributed by atoms with E-state index < -0.39 is 11.1 Å². The first kappa shape index (κ1) is 10.4. The van der Waals surface area contributed by atoms with Gasteiger partial charge >= 0.3 is 0 Å². The SMILES string of the molecule is CC1(O)CC(N=C=O)(C(C)(C)C)C1. The van der Waals surface area contributed by atoms with Gasteiger partial charge in [-0.15, -0.1) is 0 Å². The van der Waals surface area contributed by atoms with Crippen molar-refractivity contribution in [2.45, 2.75) is 51.7 Å². The highest BCUT2D eigenvalue weighted by atomic mass is 16.3. The number of hydrogen-bond donors (Lipinski definition) is 1. The van der Waals surface area contributed by atoms with Gasteiger partial charge < -0.3 is 5.11 Å². The Labute approximate surface area is 78.9 Å². The average Bonchev–Trinajstić information content (AvgIpc) is 1.80. The van der Waals surface area contributed by atoms with Gasteiger partial charge in [-0.25, -0.2) is 4.79 Å². The predicted molar refractivity (Wildman–Crippen MR) is 50.2 cm³/mol. The molecule has 1 fully saturated rings. The predicted octanol–water partition coefficient (Wildman–Crippen LogP) is 1.65. The Bertz CT molecular complexity index is 249. The Kier molecular flexibility index (Phi) is 2.13. The first-order valence-electron chi connectivity index (χ1n) is 4.54. The second kappa shape index (κ2) is 2.66. The van der Waals surface area contributed by atoms with Crippen molar-refractivity contribution in [2.75, 3.05) is 0 Å². The van der Waals surface area contributed by atoms with Gasteiger partial charge in [0.1, 0.15) is 0 Å². The van der Waals surface area contributed by atoms with E-state index in [1.54, 1.807) is 13.0 Å². The van der Waals surface area contributed by atoms with Crippen molar-refractivity contribution in [3.63, 3.8) is 0 Å². The standard InChI is InChI=1S/C10H17NO2/c1-8(2,3)10(11-7-12)5-9(4,13)6-10/h13H,5-6H2,1-4H3. The fourth-order valence-corrected chi connectivity index (χ4v) is 2.07. The molecule has 0 spiro atoms. The number of hydrogen-bond acceptors (Lipinski definition) is 3. The smallest absolute Gasteiger partial charge is 0.235 e. The van der Waals surface area contributed by atoms with Crippen molar-refractivity contribution >= 4 is 6.08 Å². The second-order valence-electron chi connectivity index (χ2n) is 5.34. The summed E-state index contributed by atoms with van der Waals surface area (Å²) >= 11 is 0. The molecule has 0 saturated heterocycles. The highest BCUT2D eigenvalue weighted by Gasteiger charge is 2.57. The largest absolute Gasteiger partial charge is 0.390 e. The van der Waals surface area contributed by atoms with E-state index in [9.17, 15) is 9.90 Å². The molecule has 0 heterocycles. The van der Waals surface area contributed by atoms with Gasteiger partial charge in [-0.05, 0) is 12.3 Å². The maximum absolute atomic E-state index is 10.3. The summed E-state index contributed by atoms with van der Waals surface area (Å²) in [4.78, 5) is 14.2. The number of isocyanates is 1. The van der Waals surface area contributed by atoms with Gasteiger partial charge in [0.25, 0.3) is 0 Å². The average molecular weight is 183 g/mol. The molecule has 0 amide bonds. The molecule has 1 aliphatic carbocycles. The maximum Gasteiger partial charge on any atom is 0.235 e. The van der Waals surface area contributed by atoms with Crippen LogP contribution in [0.2, 0.25) is 0 Å². The fourth-order valence-electron chi connectivity index (χ4n) is 2.07. The Morgan fingerprint density at radius 3 is 2.08 bits per heavy atom. The lowest BCUT2D eigenvalue weighted by molar-refractivity contribution is -0.108. The molecule has 0 aliphatic heterocycles. The van der Waals surface area contributed by atoms with Gasteiger partial charge in [-0.2, -0.15) is 4.99 Å². The van der Waals surface area contributed by atoms with Gasteiger partial charge in [0.05, 0.1) is 11.1 Å². The molecule has 3 heteroatoms. The van der Waals surface area contributed by atoms with E-state index >= 15 is 0 Å². The normalized spacial score (nSPS) is 39.2. The third kappa shape index (κ3) is 1.67. The lowest BCUT2D eigenvalue weighted by Gasteiger charge is -2.55. The number of rotatable bonds is 1. The van der Waals surface area contributed by atoms with Crippen molar-refractivity contribution in [2.24, 2.45) is 10.4 Å². The molecule has 74 valence electrons. The van der Waals surface area contributed by atoms with Crippen molar-refractivity contribution in [3.05, 3.63) is 0 Å². The molecule has 1 aliphatic rings. The molecule has 0 atom stereocenters. The van der Waals surface area contributed by atoms with Crippen molar-refractivity contribution in [1.29, 1.82) is 0 Å². The summed E-state index contributed by atoms with van der Waals surface area (Å²) in [6, 6.07) is 0. The van der Waals surface area contributed by atoms with Crippen LogP contribution in [0.1, 0.15) is 40.5 Å². The highest BCUT2D eigenvalue weighted by molar-refractivity contribution is 5.37. The zero-order chi connectivity index (χ0) is 10.3. The van der Waals surface area contributed by atoms with Crippen LogP contribution in [0.5, 0.6) is 0 Å². The van der Waals surface area contributed by atoms with Crippen LogP contribution in [-0.2, 0) is 4.79 Å².